The molecular weight excluding hydrogens is 473 g/mol. The third-order valence-corrected chi connectivity index (χ3v) is 5.06. The molecule has 0 unspecified atom stereocenters. The van der Waals surface area contributed by atoms with Crippen LogP contribution in [-0.4, -0.2) is 22.1 Å². The minimum Gasteiger partial charge on any atom is -0.461 e. The number of halogens is 2. The summed E-state index contributed by atoms with van der Waals surface area (Å²) in [6.45, 7) is 1.78. The molecule has 0 bridgehead atoms. The number of anilines is 1. The number of amides is 1. The summed E-state index contributed by atoms with van der Waals surface area (Å²) in [4.78, 5) is 21.6. The molecule has 8 heteroatoms. The van der Waals surface area contributed by atoms with Gasteiger partial charge in [-0.15, -0.1) is 11.8 Å². The van der Waals surface area contributed by atoms with Gasteiger partial charge in [0.15, 0.2) is 11.6 Å². The largest absolute Gasteiger partial charge is 0.461 e. The van der Waals surface area contributed by atoms with Gasteiger partial charge in [-0.3, -0.25) is 4.79 Å². The number of hydrogen-bond donors (Lipinski definition) is 1. The topological polar surface area (TPSA) is 68.0 Å². The average molecular weight is 486 g/mol. The summed E-state index contributed by atoms with van der Waals surface area (Å²) in [5, 5.41) is 3.90. The number of carbonyl (C=O) groups excluding carboxylic acids is 1. The normalized spacial score (nSPS) is 10.7. The van der Waals surface area contributed by atoms with Crippen molar-refractivity contribution < 1.29 is 9.21 Å². The van der Waals surface area contributed by atoms with E-state index in [9.17, 15) is 4.79 Å². The molecule has 3 rings (SSSR count). The molecule has 0 saturated carbocycles. The Kier molecular flexibility index (Phi) is 5.65. The molecule has 0 atom stereocenters. The highest BCUT2D eigenvalue weighted by Crippen LogP contribution is 2.28. The number of aromatic nitrogens is 2. The summed E-state index contributed by atoms with van der Waals surface area (Å²) in [6.07, 6.45) is 3.43. The Morgan fingerprint density at radius 3 is 2.76 bits per heavy atom. The molecule has 2 heterocycles. The standard InChI is InChI=1S/C17H13ClIN3O2S/c1-9-14(16(23)21-12-6-5-10(19)8-11(12)18)17(25-2)22-15(20-9)13-4-3-7-24-13/h3-8H,1-2H3,(H,21,23). The van der Waals surface area contributed by atoms with Crippen molar-refractivity contribution in [3.63, 3.8) is 0 Å². The Labute approximate surface area is 167 Å². The minimum absolute atomic E-state index is 0.295. The molecule has 1 amide bonds. The third-order valence-electron chi connectivity index (χ3n) is 3.40. The first-order chi connectivity index (χ1) is 12.0. The highest BCUT2D eigenvalue weighted by Gasteiger charge is 2.20. The first-order valence-corrected chi connectivity index (χ1v) is 9.90. The van der Waals surface area contributed by atoms with Gasteiger partial charge < -0.3 is 9.73 Å². The first-order valence-electron chi connectivity index (χ1n) is 7.22. The number of rotatable bonds is 4. The fraction of sp³-hybridized carbons (Fsp3) is 0.118. The summed E-state index contributed by atoms with van der Waals surface area (Å²) in [5.74, 6) is 0.720. The van der Waals surface area contributed by atoms with Crippen molar-refractivity contribution in [3.05, 3.63) is 56.4 Å². The molecule has 1 aromatic carbocycles. The van der Waals surface area contributed by atoms with Crippen LogP contribution >= 0.6 is 46.0 Å². The molecule has 2 aromatic heterocycles. The molecule has 0 spiro atoms. The van der Waals surface area contributed by atoms with Crippen LogP contribution in [0, 0.1) is 10.5 Å². The number of benzene rings is 1. The van der Waals surface area contributed by atoms with Crippen molar-refractivity contribution in [1.29, 1.82) is 0 Å². The summed E-state index contributed by atoms with van der Waals surface area (Å²) in [5.41, 5.74) is 1.55. The first kappa shape index (κ1) is 18.2. The van der Waals surface area contributed by atoms with E-state index in [0.717, 1.165) is 3.57 Å². The van der Waals surface area contributed by atoms with Crippen molar-refractivity contribution in [1.82, 2.24) is 9.97 Å². The van der Waals surface area contributed by atoms with Gasteiger partial charge in [-0.25, -0.2) is 9.97 Å². The van der Waals surface area contributed by atoms with Crippen molar-refractivity contribution in [2.45, 2.75) is 11.9 Å². The molecular formula is C17H13ClIN3O2S. The molecule has 0 aliphatic rings. The molecule has 25 heavy (non-hydrogen) atoms. The Hall–Kier alpha value is -1.58. The minimum atomic E-state index is -0.295. The van der Waals surface area contributed by atoms with Crippen LogP contribution in [-0.2, 0) is 0 Å². The van der Waals surface area contributed by atoms with Crippen LogP contribution in [0.5, 0.6) is 0 Å². The fourth-order valence-corrected chi connectivity index (χ4v) is 3.77. The number of carbonyl (C=O) groups is 1. The SMILES string of the molecule is CSc1nc(-c2ccco2)nc(C)c1C(=O)Nc1ccc(I)cc1Cl. The molecule has 0 aliphatic heterocycles. The Bertz CT molecular complexity index is 932. The van der Waals surface area contributed by atoms with Gasteiger partial charge in [0.2, 0.25) is 0 Å². The maximum absolute atomic E-state index is 12.8. The van der Waals surface area contributed by atoms with Crippen molar-refractivity contribution in [2.75, 3.05) is 11.6 Å². The van der Waals surface area contributed by atoms with Gasteiger partial charge in [0.25, 0.3) is 5.91 Å². The van der Waals surface area contributed by atoms with Gasteiger partial charge in [-0.1, -0.05) is 11.6 Å². The summed E-state index contributed by atoms with van der Waals surface area (Å²) in [6, 6.07) is 8.99. The lowest BCUT2D eigenvalue weighted by Gasteiger charge is -2.12. The Morgan fingerprint density at radius 2 is 2.12 bits per heavy atom. The number of thioether (sulfide) groups is 1. The van der Waals surface area contributed by atoms with E-state index in [1.807, 2.05) is 12.3 Å². The highest BCUT2D eigenvalue weighted by atomic mass is 127. The van der Waals surface area contributed by atoms with Crippen LogP contribution in [0.3, 0.4) is 0 Å². The van der Waals surface area contributed by atoms with Crippen molar-refractivity contribution >= 4 is 57.5 Å². The van der Waals surface area contributed by atoms with E-state index in [2.05, 4.69) is 37.9 Å². The average Bonchev–Trinajstić information content (AvgIpc) is 3.11. The molecule has 0 saturated heterocycles. The molecule has 3 aromatic rings. The van der Waals surface area contributed by atoms with Crippen molar-refractivity contribution in [3.8, 4) is 11.6 Å². The maximum Gasteiger partial charge on any atom is 0.260 e. The maximum atomic E-state index is 12.8. The van der Waals surface area contributed by atoms with E-state index in [1.165, 1.54) is 11.8 Å². The summed E-state index contributed by atoms with van der Waals surface area (Å²) >= 11 is 9.74. The smallest absolute Gasteiger partial charge is 0.260 e. The summed E-state index contributed by atoms with van der Waals surface area (Å²) in [7, 11) is 0. The molecule has 1 N–H and O–H groups in total. The lowest BCUT2D eigenvalue weighted by molar-refractivity contribution is 0.102. The van der Waals surface area contributed by atoms with E-state index in [-0.39, 0.29) is 5.91 Å². The van der Waals surface area contributed by atoms with Crippen LogP contribution in [0.15, 0.2) is 46.0 Å². The second-order valence-electron chi connectivity index (χ2n) is 5.07. The van der Waals surface area contributed by atoms with Crippen LogP contribution in [0.2, 0.25) is 5.02 Å². The Balaban J connectivity index is 1.97. The van der Waals surface area contributed by atoms with Crippen LogP contribution < -0.4 is 5.32 Å². The highest BCUT2D eigenvalue weighted by molar-refractivity contribution is 14.1. The number of furan rings is 1. The fourth-order valence-electron chi connectivity index (χ4n) is 2.25. The monoisotopic (exact) mass is 485 g/mol. The van der Waals surface area contributed by atoms with E-state index < -0.39 is 0 Å². The number of nitrogens with one attached hydrogen (secondary N) is 1. The molecule has 0 fully saturated rings. The lowest BCUT2D eigenvalue weighted by atomic mass is 10.2. The van der Waals surface area contributed by atoms with E-state index in [4.69, 9.17) is 16.0 Å². The van der Waals surface area contributed by atoms with Gasteiger partial charge in [0, 0.05) is 3.57 Å². The number of hydrogen-bond acceptors (Lipinski definition) is 5. The van der Waals surface area contributed by atoms with Gasteiger partial charge in [-0.2, -0.15) is 0 Å². The zero-order valence-electron chi connectivity index (χ0n) is 13.3. The zero-order valence-corrected chi connectivity index (χ0v) is 17.1. The number of nitrogens with zero attached hydrogens (tertiary/aromatic N) is 2. The van der Waals surface area contributed by atoms with Gasteiger partial charge in [0.1, 0.15) is 5.03 Å². The van der Waals surface area contributed by atoms with Gasteiger partial charge >= 0.3 is 0 Å². The Morgan fingerprint density at radius 1 is 1.32 bits per heavy atom. The van der Waals surface area contributed by atoms with Crippen LogP contribution in [0.4, 0.5) is 5.69 Å². The lowest BCUT2D eigenvalue weighted by Crippen LogP contribution is -2.17. The van der Waals surface area contributed by atoms with Crippen LogP contribution in [0.1, 0.15) is 16.1 Å². The number of aryl methyl sites for hydroxylation is 1. The predicted octanol–water partition coefficient (Wildman–Crippen LogP) is 5.28. The van der Waals surface area contributed by atoms with Crippen LogP contribution in [0.25, 0.3) is 11.6 Å². The quantitative estimate of drug-likeness (QED) is 0.309. The molecule has 5 nitrogen and oxygen atoms in total. The second kappa shape index (κ2) is 7.76. The van der Waals surface area contributed by atoms with E-state index in [1.54, 1.807) is 37.5 Å². The van der Waals surface area contributed by atoms with Gasteiger partial charge in [0.05, 0.1) is 28.2 Å². The van der Waals surface area contributed by atoms with E-state index >= 15 is 0 Å². The summed E-state index contributed by atoms with van der Waals surface area (Å²) < 4.78 is 6.34. The third kappa shape index (κ3) is 3.99. The molecule has 0 aliphatic carbocycles. The van der Waals surface area contributed by atoms with Crippen molar-refractivity contribution in [2.24, 2.45) is 0 Å². The molecule has 128 valence electrons. The predicted molar refractivity (Wildman–Crippen MR) is 108 cm³/mol. The second-order valence-corrected chi connectivity index (χ2v) is 7.52. The van der Waals surface area contributed by atoms with Gasteiger partial charge in [-0.05, 0) is 66.1 Å². The zero-order chi connectivity index (χ0) is 18.0. The van der Waals surface area contributed by atoms with E-state index in [0.29, 0.717) is 38.6 Å². The molecule has 0 radical (unpaired) electrons.